The zero-order valence-electron chi connectivity index (χ0n) is 17.4. The quantitative estimate of drug-likeness (QED) is 0.603. The second-order valence-corrected chi connectivity index (χ2v) is 7.68. The summed E-state index contributed by atoms with van der Waals surface area (Å²) in [6.07, 6.45) is 1.71. The molecule has 0 aliphatic carbocycles. The van der Waals surface area contributed by atoms with Crippen LogP contribution >= 0.6 is 11.6 Å². The van der Waals surface area contributed by atoms with E-state index in [1.165, 1.54) is 18.6 Å². The average molecular weight is 443 g/mol. The molecule has 4 rings (SSSR count). The van der Waals surface area contributed by atoms with Crippen LogP contribution < -0.4 is 15.0 Å². The molecule has 3 aromatic rings. The van der Waals surface area contributed by atoms with E-state index in [9.17, 15) is 9.59 Å². The predicted octanol–water partition coefficient (Wildman–Crippen LogP) is 2.32. The lowest BCUT2D eigenvalue weighted by Crippen LogP contribution is -2.48. The van der Waals surface area contributed by atoms with Crippen molar-refractivity contribution < 1.29 is 14.3 Å². The lowest BCUT2D eigenvalue weighted by Gasteiger charge is -2.34. The van der Waals surface area contributed by atoms with Crippen LogP contribution in [0.4, 0.5) is 0 Å². The second kappa shape index (κ2) is 8.95. The van der Waals surface area contributed by atoms with Crippen LogP contribution in [-0.4, -0.2) is 65.5 Å². The largest absolute Gasteiger partial charge is 0.493 e. The van der Waals surface area contributed by atoms with Gasteiger partial charge in [0.25, 0.3) is 11.5 Å². The highest BCUT2D eigenvalue weighted by Gasteiger charge is 2.24. The first kappa shape index (κ1) is 21.1. The van der Waals surface area contributed by atoms with Crippen LogP contribution in [0.2, 0.25) is 5.02 Å². The minimum atomic E-state index is -0.107. The zero-order valence-corrected chi connectivity index (χ0v) is 18.1. The number of amides is 1. The summed E-state index contributed by atoms with van der Waals surface area (Å²) in [5, 5.41) is 0.331. The van der Waals surface area contributed by atoms with Crippen molar-refractivity contribution >= 4 is 23.2 Å². The zero-order chi connectivity index (χ0) is 22.0. The smallest absolute Gasteiger partial charge is 0.258 e. The number of methoxy groups -OCH3 is 2. The SMILES string of the molecule is COc1cc(C(=O)N2CCN(Cc3cc(=O)n4ccccc4n3)CC2)cc(Cl)c1OC. The highest BCUT2D eigenvalue weighted by molar-refractivity contribution is 6.32. The standard InChI is InChI=1S/C22H23ClN4O4/c1-30-18-12-15(11-17(23)21(18)31-2)22(29)26-9-7-25(8-10-26)14-16-13-20(28)27-6-4-3-5-19(27)24-16/h3-6,11-13H,7-10,14H2,1-2H3. The molecule has 0 spiro atoms. The summed E-state index contributed by atoms with van der Waals surface area (Å²) < 4.78 is 12.1. The highest BCUT2D eigenvalue weighted by atomic mass is 35.5. The third-order valence-electron chi connectivity index (χ3n) is 5.35. The number of halogens is 1. The van der Waals surface area contributed by atoms with E-state index in [0.717, 1.165) is 5.69 Å². The van der Waals surface area contributed by atoms with Gasteiger partial charge in [0.05, 0.1) is 24.9 Å². The molecule has 0 unspecified atom stereocenters. The fraction of sp³-hybridized carbons (Fsp3) is 0.318. The van der Waals surface area contributed by atoms with Crippen molar-refractivity contribution in [3.05, 3.63) is 69.2 Å². The van der Waals surface area contributed by atoms with Gasteiger partial charge in [0.1, 0.15) is 5.65 Å². The van der Waals surface area contributed by atoms with Crippen LogP contribution in [0, 0.1) is 0 Å². The maximum atomic E-state index is 13.0. The van der Waals surface area contributed by atoms with Crippen molar-refractivity contribution in [1.82, 2.24) is 19.2 Å². The van der Waals surface area contributed by atoms with Crippen LogP contribution in [0.15, 0.2) is 47.4 Å². The van der Waals surface area contributed by atoms with E-state index in [1.54, 1.807) is 35.4 Å². The molecule has 8 nitrogen and oxygen atoms in total. The van der Waals surface area contributed by atoms with Gasteiger partial charge in [-0.15, -0.1) is 0 Å². The molecule has 0 atom stereocenters. The van der Waals surface area contributed by atoms with E-state index in [2.05, 4.69) is 9.88 Å². The number of carbonyl (C=O) groups excluding carboxylic acids is 1. The Bertz CT molecular complexity index is 1170. The summed E-state index contributed by atoms with van der Waals surface area (Å²) in [7, 11) is 3.01. The molecule has 1 amide bonds. The van der Waals surface area contributed by atoms with Gasteiger partial charge < -0.3 is 14.4 Å². The molecule has 2 aromatic heterocycles. The predicted molar refractivity (Wildman–Crippen MR) is 117 cm³/mol. The molecule has 3 heterocycles. The maximum Gasteiger partial charge on any atom is 0.258 e. The van der Waals surface area contributed by atoms with Crippen LogP contribution in [0.3, 0.4) is 0 Å². The first-order chi connectivity index (χ1) is 15.0. The first-order valence-corrected chi connectivity index (χ1v) is 10.3. The Morgan fingerprint density at radius 3 is 2.58 bits per heavy atom. The van der Waals surface area contributed by atoms with Crippen LogP contribution in [0.1, 0.15) is 16.1 Å². The van der Waals surface area contributed by atoms with Crippen LogP contribution in [0.5, 0.6) is 11.5 Å². The number of carbonyl (C=O) groups is 1. The number of pyridine rings is 1. The third-order valence-corrected chi connectivity index (χ3v) is 5.63. The molecule has 0 bridgehead atoms. The van der Waals surface area contributed by atoms with E-state index < -0.39 is 0 Å². The fourth-order valence-corrected chi connectivity index (χ4v) is 4.03. The van der Waals surface area contributed by atoms with Crippen LogP contribution in [0.25, 0.3) is 5.65 Å². The molecule has 1 saturated heterocycles. The van der Waals surface area contributed by atoms with E-state index in [4.69, 9.17) is 21.1 Å². The summed E-state index contributed by atoms with van der Waals surface area (Å²) in [5.41, 5.74) is 1.71. The van der Waals surface area contributed by atoms with Crippen molar-refractivity contribution in [2.24, 2.45) is 0 Å². The van der Waals surface area contributed by atoms with Crippen molar-refractivity contribution in [3.63, 3.8) is 0 Å². The second-order valence-electron chi connectivity index (χ2n) is 7.28. The number of benzene rings is 1. The number of rotatable bonds is 5. The molecule has 9 heteroatoms. The van der Waals surface area contributed by atoms with E-state index in [1.807, 2.05) is 12.1 Å². The van der Waals surface area contributed by atoms with Crippen molar-refractivity contribution in [2.75, 3.05) is 40.4 Å². The normalized spacial score (nSPS) is 14.6. The molecule has 162 valence electrons. The van der Waals surface area contributed by atoms with E-state index >= 15 is 0 Å². The molecule has 1 aromatic carbocycles. The van der Waals surface area contributed by atoms with E-state index in [0.29, 0.717) is 60.5 Å². The Labute approximate surface area is 184 Å². The van der Waals surface area contributed by atoms with Gasteiger partial charge in [0.2, 0.25) is 0 Å². The van der Waals surface area contributed by atoms with Gasteiger partial charge in [-0.1, -0.05) is 17.7 Å². The Hall–Kier alpha value is -3.10. The average Bonchev–Trinajstić information content (AvgIpc) is 2.78. The lowest BCUT2D eigenvalue weighted by atomic mass is 10.1. The van der Waals surface area contributed by atoms with Crippen molar-refractivity contribution in [1.29, 1.82) is 0 Å². The monoisotopic (exact) mass is 442 g/mol. The Morgan fingerprint density at radius 1 is 1.10 bits per heavy atom. The van der Waals surface area contributed by atoms with Gasteiger partial charge in [-0.25, -0.2) is 4.98 Å². The highest BCUT2D eigenvalue weighted by Crippen LogP contribution is 2.36. The number of aromatic nitrogens is 2. The molecule has 0 N–H and O–H groups in total. The number of hydrogen-bond acceptors (Lipinski definition) is 6. The number of nitrogens with zero attached hydrogens (tertiary/aromatic N) is 4. The van der Waals surface area contributed by atoms with E-state index in [-0.39, 0.29) is 11.5 Å². The number of piperazine rings is 1. The van der Waals surface area contributed by atoms with Crippen molar-refractivity contribution in [3.8, 4) is 11.5 Å². The minimum absolute atomic E-state index is 0.0975. The molecule has 0 radical (unpaired) electrons. The molecule has 0 saturated carbocycles. The molecule has 1 aliphatic rings. The number of fused-ring (bicyclic) bond motifs is 1. The Balaban J connectivity index is 1.43. The topological polar surface area (TPSA) is 76.4 Å². The summed E-state index contributed by atoms with van der Waals surface area (Å²) in [6.45, 7) is 3.06. The number of ether oxygens (including phenoxy) is 2. The summed E-state index contributed by atoms with van der Waals surface area (Å²) in [5.74, 6) is 0.722. The van der Waals surface area contributed by atoms with Gasteiger partial charge in [-0.05, 0) is 24.3 Å². The van der Waals surface area contributed by atoms with Gasteiger partial charge in [-0.2, -0.15) is 0 Å². The third kappa shape index (κ3) is 4.35. The Kier molecular flexibility index (Phi) is 6.11. The fourth-order valence-electron chi connectivity index (χ4n) is 3.75. The van der Waals surface area contributed by atoms with Crippen molar-refractivity contribution in [2.45, 2.75) is 6.54 Å². The molecule has 1 fully saturated rings. The summed E-state index contributed by atoms with van der Waals surface area (Å²) in [4.78, 5) is 33.8. The first-order valence-electron chi connectivity index (χ1n) is 9.90. The van der Waals surface area contributed by atoms with Gasteiger partial charge in [0.15, 0.2) is 11.5 Å². The molecular weight excluding hydrogens is 420 g/mol. The summed E-state index contributed by atoms with van der Waals surface area (Å²) >= 11 is 6.25. The van der Waals surface area contributed by atoms with Gasteiger partial charge in [0, 0.05) is 50.6 Å². The van der Waals surface area contributed by atoms with Gasteiger partial charge >= 0.3 is 0 Å². The van der Waals surface area contributed by atoms with Crippen LogP contribution in [-0.2, 0) is 6.54 Å². The summed E-state index contributed by atoms with van der Waals surface area (Å²) in [6, 6.07) is 10.3. The lowest BCUT2D eigenvalue weighted by molar-refractivity contribution is 0.0626. The molecule has 1 aliphatic heterocycles. The van der Waals surface area contributed by atoms with Gasteiger partial charge in [-0.3, -0.25) is 18.9 Å². The Morgan fingerprint density at radius 2 is 1.87 bits per heavy atom. The minimum Gasteiger partial charge on any atom is -0.493 e. The molecular formula is C22H23ClN4O4. The molecule has 31 heavy (non-hydrogen) atoms. The maximum absolute atomic E-state index is 13.0. The number of hydrogen-bond donors (Lipinski definition) is 0.